The van der Waals surface area contributed by atoms with Crippen LogP contribution in [0, 0.1) is 23.5 Å². The van der Waals surface area contributed by atoms with Crippen molar-refractivity contribution in [3.05, 3.63) is 29.3 Å². The van der Waals surface area contributed by atoms with Crippen LogP contribution in [0.1, 0.15) is 64.4 Å². The van der Waals surface area contributed by atoms with Gasteiger partial charge < -0.3 is 4.74 Å². The van der Waals surface area contributed by atoms with Gasteiger partial charge in [-0.25, -0.2) is 4.39 Å². The van der Waals surface area contributed by atoms with Gasteiger partial charge in [-0.05, 0) is 42.7 Å². The molecule has 1 aliphatic rings. The quantitative estimate of drug-likeness (QED) is 0.609. The van der Waals surface area contributed by atoms with Gasteiger partial charge in [0.15, 0.2) is 11.6 Å². The van der Waals surface area contributed by atoms with Crippen molar-refractivity contribution in [2.24, 2.45) is 11.8 Å². The third-order valence-corrected chi connectivity index (χ3v) is 4.78. The molecule has 0 unspecified atom stereocenters. The maximum atomic E-state index is 14.0. The van der Waals surface area contributed by atoms with Crippen molar-refractivity contribution in [2.45, 2.75) is 65.2 Å². The molecule has 1 aromatic rings. The van der Waals surface area contributed by atoms with E-state index in [1.54, 1.807) is 12.1 Å². The van der Waals surface area contributed by atoms with Crippen molar-refractivity contribution in [2.75, 3.05) is 6.61 Å². The summed E-state index contributed by atoms with van der Waals surface area (Å²) in [4.78, 5) is 0. The predicted molar refractivity (Wildman–Crippen MR) is 86.2 cm³/mol. The van der Waals surface area contributed by atoms with Gasteiger partial charge in [-0.2, -0.15) is 4.39 Å². The first-order valence-corrected chi connectivity index (χ1v) is 8.75. The second-order valence-electron chi connectivity index (χ2n) is 6.59. The summed E-state index contributed by atoms with van der Waals surface area (Å²) in [5.74, 6) is -0.181. The number of halogens is 2. The lowest BCUT2D eigenvalue weighted by Gasteiger charge is -2.28. The van der Waals surface area contributed by atoms with Gasteiger partial charge in [0, 0.05) is 0 Å². The Morgan fingerprint density at radius 2 is 1.64 bits per heavy atom. The summed E-state index contributed by atoms with van der Waals surface area (Å²) in [7, 11) is 0. The molecule has 0 atom stereocenters. The molecule has 1 aromatic carbocycles. The molecule has 3 heteroatoms. The Kier molecular flexibility index (Phi) is 6.66. The molecule has 0 N–H and O–H groups in total. The number of hydrogen-bond acceptors (Lipinski definition) is 1. The highest BCUT2D eigenvalue weighted by Gasteiger charge is 2.22. The van der Waals surface area contributed by atoms with E-state index in [9.17, 15) is 8.78 Å². The monoisotopic (exact) mass is 310 g/mol. The molecule has 1 nitrogen and oxygen atoms in total. The molecule has 0 bridgehead atoms. The molecule has 1 fully saturated rings. The lowest BCUT2D eigenvalue weighted by atomic mass is 9.80. The summed E-state index contributed by atoms with van der Waals surface area (Å²) in [5.41, 5.74) is 0.437. The van der Waals surface area contributed by atoms with Crippen LogP contribution in [0.4, 0.5) is 8.78 Å². The number of hydrogen-bond donors (Lipinski definition) is 0. The highest BCUT2D eigenvalue weighted by molar-refractivity contribution is 5.31. The van der Waals surface area contributed by atoms with Crippen molar-refractivity contribution in [1.29, 1.82) is 0 Å². The fourth-order valence-electron chi connectivity index (χ4n) is 3.45. The van der Waals surface area contributed by atoms with Gasteiger partial charge in [-0.15, -0.1) is 0 Å². The molecule has 1 saturated carbocycles. The zero-order valence-corrected chi connectivity index (χ0v) is 13.8. The minimum atomic E-state index is -0.828. The second kappa shape index (κ2) is 8.50. The SMILES string of the molecule is CCCc1ccc(OCC2CCC(CCC)CC2)c(F)c1F. The standard InChI is InChI=1S/C19H28F2O/c1-3-5-14-7-9-15(10-8-14)13-22-17-12-11-16(6-4-2)18(20)19(17)21/h11-12,14-15H,3-10,13H2,1-2H3. The number of aryl methyl sites for hydroxylation is 1. The number of rotatable bonds is 7. The molecule has 0 saturated heterocycles. The highest BCUT2D eigenvalue weighted by atomic mass is 19.2. The third kappa shape index (κ3) is 4.44. The van der Waals surface area contributed by atoms with Gasteiger partial charge >= 0.3 is 0 Å². The zero-order valence-electron chi connectivity index (χ0n) is 13.8. The summed E-state index contributed by atoms with van der Waals surface area (Å²) in [6, 6.07) is 3.22. The van der Waals surface area contributed by atoms with E-state index in [2.05, 4.69) is 6.92 Å². The van der Waals surface area contributed by atoms with Crippen LogP contribution < -0.4 is 4.74 Å². The maximum Gasteiger partial charge on any atom is 0.200 e. The van der Waals surface area contributed by atoms with Gasteiger partial charge in [-0.1, -0.05) is 52.0 Å². The number of ether oxygens (including phenoxy) is 1. The minimum Gasteiger partial charge on any atom is -0.490 e. The lowest BCUT2D eigenvalue weighted by Crippen LogP contribution is -2.20. The molecule has 0 aromatic heterocycles. The van der Waals surface area contributed by atoms with Crippen molar-refractivity contribution < 1.29 is 13.5 Å². The van der Waals surface area contributed by atoms with E-state index < -0.39 is 11.6 Å². The first-order valence-electron chi connectivity index (χ1n) is 8.75. The fourth-order valence-corrected chi connectivity index (χ4v) is 3.45. The molecule has 0 heterocycles. The topological polar surface area (TPSA) is 9.23 Å². The van der Waals surface area contributed by atoms with E-state index >= 15 is 0 Å². The predicted octanol–water partition coefficient (Wildman–Crippen LogP) is 5.90. The Morgan fingerprint density at radius 1 is 0.955 bits per heavy atom. The van der Waals surface area contributed by atoms with E-state index in [1.807, 2.05) is 6.92 Å². The molecule has 1 aliphatic carbocycles. The van der Waals surface area contributed by atoms with Crippen LogP contribution in [0.5, 0.6) is 5.75 Å². The Balaban J connectivity index is 1.86. The molecule has 0 amide bonds. The van der Waals surface area contributed by atoms with Gasteiger partial charge in [-0.3, -0.25) is 0 Å². The average molecular weight is 310 g/mol. The molecule has 2 rings (SSSR count). The maximum absolute atomic E-state index is 14.0. The smallest absolute Gasteiger partial charge is 0.200 e. The van der Waals surface area contributed by atoms with E-state index in [-0.39, 0.29) is 5.75 Å². The average Bonchev–Trinajstić information content (AvgIpc) is 2.53. The lowest BCUT2D eigenvalue weighted by molar-refractivity contribution is 0.173. The van der Waals surface area contributed by atoms with Crippen LogP contribution >= 0.6 is 0 Å². The second-order valence-corrected chi connectivity index (χ2v) is 6.59. The summed E-state index contributed by atoms with van der Waals surface area (Å²) < 4.78 is 33.5. The van der Waals surface area contributed by atoms with Gasteiger partial charge in [0.2, 0.25) is 5.82 Å². The van der Waals surface area contributed by atoms with Crippen molar-refractivity contribution in [3.8, 4) is 5.75 Å². The summed E-state index contributed by atoms with van der Waals surface area (Å²) in [6.45, 7) is 4.69. The van der Waals surface area contributed by atoms with Crippen LogP contribution in [-0.4, -0.2) is 6.61 Å². The van der Waals surface area contributed by atoms with Crippen molar-refractivity contribution in [3.63, 3.8) is 0 Å². The molecule has 22 heavy (non-hydrogen) atoms. The molecular weight excluding hydrogens is 282 g/mol. The van der Waals surface area contributed by atoms with E-state index in [0.717, 1.165) is 25.2 Å². The first kappa shape index (κ1) is 17.2. The molecule has 0 radical (unpaired) electrons. The minimum absolute atomic E-state index is 0.0630. The highest BCUT2D eigenvalue weighted by Crippen LogP contribution is 2.32. The van der Waals surface area contributed by atoms with E-state index in [4.69, 9.17) is 4.74 Å². The van der Waals surface area contributed by atoms with Crippen molar-refractivity contribution >= 4 is 0 Å². The van der Waals surface area contributed by atoms with E-state index in [0.29, 0.717) is 24.5 Å². The van der Waals surface area contributed by atoms with Gasteiger partial charge in [0.25, 0.3) is 0 Å². The zero-order chi connectivity index (χ0) is 15.9. The third-order valence-electron chi connectivity index (χ3n) is 4.78. The summed E-state index contributed by atoms with van der Waals surface area (Å²) in [5, 5.41) is 0. The first-order chi connectivity index (χ1) is 10.7. The fraction of sp³-hybridized carbons (Fsp3) is 0.684. The van der Waals surface area contributed by atoms with Crippen molar-refractivity contribution in [1.82, 2.24) is 0 Å². The molecule has 124 valence electrons. The normalized spacial score (nSPS) is 21.8. The van der Waals surface area contributed by atoms with Crippen LogP contribution in [0.2, 0.25) is 0 Å². The molecular formula is C19H28F2O. The Labute approximate surface area is 133 Å². The van der Waals surface area contributed by atoms with Gasteiger partial charge in [0.05, 0.1) is 6.61 Å². The van der Waals surface area contributed by atoms with Crippen LogP contribution in [0.15, 0.2) is 12.1 Å². The number of benzene rings is 1. The molecule has 0 spiro atoms. The van der Waals surface area contributed by atoms with Gasteiger partial charge in [0.1, 0.15) is 0 Å². The summed E-state index contributed by atoms with van der Waals surface area (Å²) >= 11 is 0. The Hall–Kier alpha value is -1.12. The Bertz CT molecular complexity index is 465. The summed E-state index contributed by atoms with van der Waals surface area (Å²) in [6.07, 6.45) is 8.70. The Morgan fingerprint density at radius 3 is 2.27 bits per heavy atom. The van der Waals surface area contributed by atoms with Crippen LogP contribution in [0.25, 0.3) is 0 Å². The largest absolute Gasteiger partial charge is 0.490 e. The molecule has 0 aliphatic heterocycles. The van der Waals surface area contributed by atoms with E-state index in [1.165, 1.54) is 25.7 Å². The van der Waals surface area contributed by atoms with Crippen LogP contribution in [0.3, 0.4) is 0 Å². The van der Waals surface area contributed by atoms with Crippen LogP contribution in [-0.2, 0) is 6.42 Å².